The molecule has 0 heterocycles. The number of carbonyl (C=O) groups is 1. The molecular formula is C16H23NO3. The lowest BCUT2D eigenvalue weighted by molar-refractivity contribution is -0.139. The standard InChI is InChI=1S/C16H23NO3/c1-16(2)13(9-14(16)18)17-10-12-7-5-4-6-11(12)8-15(19)20-3/h4-7,13-14,17-18H,8-10H2,1-3H3. The van der Waals surface area contributed by atoms with Crippen molar-refractivity contribution in [1.29, 1.82) is 0 Å². The monoisotopic (exact) mass is 277 g/mol. The van der Waals surface area contributed by atoms with Crippen molar-refractivity contribution in [2.24, 2.45) is 5.41 Å². The summed E-state index contributed by atoms with van der Waals surface area (Å²) in [7, 11) is 1.40. The number of rotatable bonds is 5. The molecule has 1 aliphatic rings. The van der Waals surface area contributed by atoms with Crippen LogP contribution in [0.1, 0.15) is 31.4 Å². The number of aliphatic hydroxyl groups excluding tert-OH is 1. The van der Waals surface area contributed by atoms with Crippen LogP contribution in [0.5, 0.6) is 0 Å². The molecule has 20 heavy (non-hydrogen) atoms. The summed E-state index contributed by atoms with van der Waals surface area (Å²) in [4.78, 5) is 11.4. The quantitative estimate of drug-likeness (QED) is 0.804. The molecule has 1 aromatic rings. The first-order valence-corrected chi connectivity index (χ1v) is 7.00. The number of ether oxygens (including phenoxy) is 1. The van der Waals surface area contributed by atoms with Crippen LogP contribution in [-0.2, 0) is 22.5 Å². The molecule has 2 N–H and O–H groups in total. The molecule has 1 saturated carbocycles. The fraction of sp³-hybridized carbons (Fsp3) is 0.562. The smallest absolute Gasteiger partial charge is 0.309 e. The first kappa shape index (κ1) is 15.0. The van der Waals surface area contributed by atoms with Gasteiger partial charge in [-0.25, -0.2) is 0 Å². The van der Waals surface area contributed by atoms with Crippen LogP contribution in [0.25, 0.3) is 0 Å². The van der Waals surface area contributed by atoms with Gasteiger partial charge in [-0.15, -0.1) is 0 Å². The molecule has 2 atom stereocenters. The van der Waals surface area contributed by atoms with Crippen molar-refractivity contribution in [3.63, 3.8) is 0 Å². The van der Waals surface area contributed by atoms with E-state index in [1.807, 2.05) is 24.3 Å². The molecule has 0 aliphatic heterocycles. The van der Waals surface area contributed by atoms with E-state index in [4.69, 9.17) is 4.74 Å². The van der Waals surface area contributed by atoms with Gasteiger partial charge < -0.3 is 15.2 Å². The zero-order valence-electron chi connectivity index (χ0n) is 12.3. The first-order chi connectivity index (χ1) is 9.45. The Bertz CT molecular complexity index is 484. The average molecular weight is 277 g/mol. The highest BCUT2D eigenvalue weighted by atomic mass is 16.5. The molecule has 0 bridgehead atoms. The number of aliphatic hydroxyl groups is 1. The predicted molar refractivity (Wildman–Crippen MR) is 77.2 cm³/mol. The minimum absolute atomic E-state index is 0.0860. The van der Waals surface area contributed by atoms with Crippen molar-refractivity contribution in [3.8, 4) is 0 Å². The van der Waals surface area contributed by atoms with Crippen LogP contribution in [0.15, 0.2) is 24.3 Å². The fourth-order valence-electron chi connectivity index (χ4n) is 2.61. The minimum atomic E-state index is -0.231. The molecule has 0 radical (unpaired) electrons. The number of hydrogen-bond donors (Lipinski definition) is 2. The van der Waals surface area contributed by atoms with Crippen LogP contribution in [0.4, 0.5) is 0 Å². The van der Waals surface area contributed by atoms with Crippen molar-refractivity contribution in [2.45, 2.75) is 45.4 Å². The van der Waals surface area contributed by atoms with Gasteiger partial charge in [0.25, 0.3) is 0 Å². The highest BCUT2D eigenvalue weighted by Crippen LogP contribution is 2.40. The van der Waals surface area contributed by atoms with Gasteiger partial charge in [-0.3, -0.25) is 4.79 Å². The molecule has 4 nitrogen and oxygen atoms in total. The molecule has 1 aliphatic carbocycles. The zero-order valence-corrected chi connectivity index (χ0v) is 12.3. The molecule has 4 heteroatoms. The summed E-state index contributed by atoms with van der Waals surface area (Å²) in [5, 5.41) is 13.2. The van der Waals surface area contributed by atoms with Gasteiger partial charge in [0.1, 0.15) is 0 Å². The Morgan fingerprint density at radius 1 is 1.40 bits per heavy atom. The summed E-state index contributed by atoms with van der Waals surface area (Å²) < 4.78 is 4.72. The van der Waals surface area contributed by atoms with Crippen LogP contribution in [-0.4, -0.2) is 30.3 Å². The van der Waals surface area contributed by atoms with Gasteiger partial charge in [0, 0.05) is 18.0 Å². The minimum Gasteiger partial charge on any atom is -0.469 e. The average Bonchev–Trinajstić information content (AvgIpc) is 2.44. The molecule has 1 aromatic carbocycles. The lowest BCUT2D eigenvalue weighted by Gasteiger charge is -2.49. The van der Waals surface area contributed by atoms with Crippen molar-refractivity contribution < 1.29 is 14.6 Å². The summed E-state index contributed by atoms with van der Waals surface area (Å²) >= 11 is 0. The normalized spacial score (nSPS) is 24.0. The summed E-state index contributed by atoms with van der Waals surface area (Å²) in [5.74, 6) is -0.225. The van der Waals surface area contributed by atoms with Crippen LogP contribution in [0.3, 0.4) is 0 Å². The molecule has 110 valence electrons. The van der Waals surface area contributed by atoms with Gasteiger partial charge in [0.05, 0.1) is 19.6 Å². The maximum atomic E-state index is 11.4. The van der Waals surface area contributed by atoms with E-state index in [2.05, 4.69) is 19.2 Å². The molecule has 0 amide bonds. The summed E-state index contributed by atoms with van der Waals surface area (Å²) in [6.07, 6.45) is 0.849. The second-order valence-corrected chi connectivity index (χ2v) is 6.03. The maximum Gasteiger partial charge on any atom is 0.309 e. The van der Waals surface area contributed by atoms with Gasteiger partial charge in [-0.05, 0) is 17.5 Å². The first-order valence-electron chi connectivity index (χ1n) is 7.00. The van der Waals surface area contributed by atoms with Crippen LogP contribution < -0.4 is 5.32 Å². The number of nitrogens with one attached hydrogen (secondary N) is 1. The SMILES string of the molecule is COC(=O)Cc1ccccc1CNC1CC(O)C1(C)C. The lowest BCUT2D eigenvalue weighted by atomic mass is 9.64. The van der Waals surface area contributed by atoms with Gasteiger partial charge in [-0.2, -0.15) is 0 Å². The molecule has 2 rings (SSSR count). The lowest BCUT2D eigenvalue weighted by Crippen LogP contribution is -2.59. The number of esters is 1. The number of carbonyl (C=O) groups excluding carboxylic acids is 1. The third-order valence-corrected chi connectivity index (χ3v) is 4.44. The Kier molecular flexibility index (Phi) is 4.45. The predicted octanol–water partition coefficient (Wildman–Crippen LogP) is 1.65. The largest absolute Gasteiger partial charge is 0.469 e. The van der Waals surface area contributed by atoms with Gasteiger partial charge in [0.2, 0.25) is 0 Å². The van der Waals surface area contributed by atoms with E-state index < -0.39 is 0 Å². The molecule has 0 aromatic heterocycles. The van der Waals surface area contributed by atoms with Crippen molar-refractivity contribution in [2.75, 3.05) is 7.11 Å². The Balaban J connectivity index is 1.98. The van der Waals surface area contributed by atoms with E-state index >= 15 is 0 Å². The van der Waals surface area contributed by atoms with Gasteiger partial charge in [0.15, 0.2) is 0 Å². The Morgan fingerprint density at radius 2 is 2.05 bits per heavy atom. The Morgan fingerprint density at radius 3 is 2.60 bits per heavy atom. The highest BCUT2D eigenvalue weighted by molar-refractivity contribution is 5.72. The second kappa shape index (κ2) is 5.94. The third kappa shape index (κ3) is 3.02. The maximum absolute atomic E-state index is 11.4. The van der Waals surface area contributed by atoms with Crippen molar-refractivity contribution in [1.82, 2.24) is 5.32 Å². The Hall–Kier alpha value is -1.39. The van der Waals surface area contributed by atoms with E-state index in [9.17, 15) is 9.90 Å². The van der Waals surface area contributed by atoms with Crippen molar-refractivity contribution in [3.05, 3.63) is 35.4 Å². The van der Waals surface area contributed by atoms with E-state index in [-0.39, 0.29) is 17.5 Å². The fourth-order valence-corrected chi connectivity index (χ4v) is 2.61. The molecule has 2 unspecified atom stereocenters. The zero-order chi connectivity index (χ0) is 14.8. The molecular weight excluding hydrogens is 254 g/mol. The highest BCUT2D eigenvalue weighted by Gasteiger charge is 2.46. The number of methoxy groups -OCH3 is 1. The van der Waals surface area contributed by atoms with Crippen LogP contribution in [0, 0.1) is 5.41 Å². The molecule has 0 saturated heterocycles. The van der Waals surface area contributed by atoms with Crippen LogP contribution in [0.2, 0.25) is 0 Å². The van der Waals surface area contributed by atoms with E-state index in [0.717, 1.165) is 17.5 Å². The van der Waals surface area contributed by atoms with Gasteiger partial charge >= 0.3 is 5.97 Å². The van der Waals surface area contributed by atoms with E-state index in [1.54, 1.807) is 0 Å². The van der Waals surface area contributed by atoms with Crippen molar-refractivity contribution >= 4 is 5.97 Å². The van der Waals surface area contributed by atoms with E-state index in [1.165, 1.54) is 7.11 Å². The summed E-state index contributed by atoms with van der Waals surface area (Å²) in [5.41, 5.74) is 2.01. The third-order valence-electron chi connectivity index (χ3n) is 4.44. The summed E-state index contributed by atoms with van der Waals surface area (Å²) in [6.45, 7) is 4.84. The topological polar surface area (TPSA) is 58.6 Å². The number of benzene rings is 1. The van der Waals surface area contributed by atoms with Crippen LogP contribution >= 0.6 is 0 Å². The second-order valence-electron chi connectivity index (χ2n) is 6.03. The van der Waals surface area contributed by atoms with Gasteiger partial charge in [-0.1, -0.05) is 38.1 Å². The number of hydrogen-bond acceptors (Lipinski definition) is 4. The van der Waals surface area contributed by atoms with E-state index in [0.29, 0.717) is 19.0 Å². The summed E-state index contributed by atoms with van der Waals surface area (Å²) in [6, 6.07) is 8.18. The molecule has 0 spiro atoms. The Labute approximate surface area is 120 Å². The molecule has 1 fully saturated rings.